The lowest BCUT2D eigenvalue weighted by Crippen LogP contribution is -2.33. The van der Waals surface area contributed by atoms with Crippen molar-refractivity contribution in [3.63, 3.8) is 0 Å². The van der Waals surface area contributed by atoms with Crippen LogP contribution in [0.5, 0.6) is 0 Å². The van der Waals surface area contributed by atoms with Crippen LogP contribution in [-0.2, 0) is 16.0 Å². The molecule has 0 atom stereocenters. The van der Waals surface area contributed by atoms with E-state index in [1.807, 2.05) is 24.3 Å². The number of rotatable bonds is 6. The largest absolute Gasteiger partial charge is 0.376 e. The Morgan fingerprint density at radius 2 is 2.10 bits per heavy atom. The molecule has 1 aliphatic carbocycles. The van der Waals surface area contributed by atoms with E-state index in [2.05, 4.69) is 21.2 Å². The standard InChI is InChI=1S/C16H23BrN2O2/c17-13-3-1-2-12(10-13)11-16(20)19-8-9-21-15-6-4-14(18)5-7-15/h1-3,10,14-15H,4-9,11,18H2,(H,19,20). The van der Waals surface area contributed by atoms with E-state index in [1.54, 1.807) is 0 Å². The molecule has 21 heavy (non-hydrogen) atoms. The maximum atomic E-state index is 11.8. The molecule has 1 fully saturated rings. The van der Waals surface area contributed by atoms with Crippen molar-refractivity contribution in [3.8, 4) is 0 Å². The molecule has 0 radical (unpaired) electrons. The molecule has 0 spiro atoms. The number of halogens is 1. The van der Waals surface area contributed by atoms with Gasteiger partial charge in [0.1, 0.15) is 0 Å². The highest BCUT2D eigenvalue weighted by atomic mass is 79.9. The van der Waals surface area contributed by atoms with Gasteiger partial charge in [-0.15, -0.1) is 0 Å². The smallest absolute Gasteiger partial charge is 0.224 e. The Morgan fingerprint density at radius 1 is 1.33 bits per heavy atom. The van der Waals surface area contributed by atoms with Gasteiger partial charge in [0.25, 0.3) is 0 Å². The third-order valence-corrected chi connectivity index (χ3v) is 4.24. The van der Waals surface area contributed by atoms with Crippen molar-refractivity contribution in [1.82, 2.24) is 5.32 Å². The first kappa shape index (κ1) is 16.5. The van der Waals surface area contributed by atoms with E-state index in [1.165, 1.54) is 0 Å². The maximum absolute atomic E-state index is 11.8. The van der Waals surface area contributed by atoms with Crippen molar-refractivity contribution in [2.24, 2.45) is 5.73 Å². The van der Waals surface area contributed by atoms with Gasteiger partial charge in [-0.2, -0.15) is 0 Å². The summed E-state index contributed by atoms with van der Waals surface area (Å²) in [6, 6.07) is 8.14. The summed E-state index contributed by atoms with van der Waals surface area (Å²) in [7, 11) is 0. The predicted molar refractivity (Wildman–Crippen MR) is 87.0 cm³/mol. The summed E-state index contributed by atoms with van der Waals surface area (Å²) < 4.78 is 6.77. The number of amides is 1. The van der Waals surface area contributed by atoms with Crippen molar-refractivity contribution in [2.45, 2.75) is 44.2 Å². The molecule has 5 heteroatoms. The molecule has 1 aliphatic rings. The molecule has 1 aromatic carbocycles. The Balaban J connectivity index is 1.59. The zero-order valence-electron chi connectivity index (χ0n) is 12.2. The molecule has 0 aliphatic heterocycles. The average Bonchev–Trinajstić information content (AvgIpc) is 2.45. The highest BCUT2D eigenvalue weighted by molar-refractivity contribution is 9.10. The van der Waals surface area contributed by atoms with Crippen LogP contribution in [0.1, 0.15) is 31.2 Å². The zero-order chi connectivity index (χ0) is 15.1. The van der Waals surface area contributed by atoms with Gasteiger partial charge in [0.15, 0.2) is 0 Å². The van der Waals surface area contributed by atoms with E-state index in [0.29, 0.717) is 31.7 Å². The van der Waals surface area contributed by atoms with Gasteiger partial charge in [0.2, 0.25) is 5.91 Å². The first-order chi connectivity index (χ1) is 10.1. The number of hydrogen-bond acceptors (Lipinski definition) is 3. The third kappa shape index (κ3) is 6.16. The average molecular weight is 355 g/mol. The summed E-state index contributed by atoms with van der Waals surface area (Å²) in [4.78, 5) is 11.8. The SMILES string of the molecule is NC1CCC(OCCNC(=O)Cc2cccc(Br)c2)CC1. The van der Waals surface area contributed by atoms with E-state index in [4.69, 9.17) is 10.5 Å². The topological polar surface area (TPSA) is 64.3 Å². The zero-order valence-corrected chi connectivity index (χ0v) is 13.8. The van der Waals surface area contributed by atoms with Gasteiger partial charge in [0.05, 0.1) is 19.1 Å². The quantitative estimate of drug-likeness (QED) is 0.771. The van der Waals surface area contributed by atoms with Crippen LogP contribution in [0.3, 0.4) is 0 Å². The fourth-order valence-corrected chi connectivity index (χ4v) is 3.01. The van der Waals surface area contributed by atoms with E-state index in [9.17, 15) is 4.79 Å². The molecule has 2 rings (SSSR count). The Bertz CT molecular complexity index is 459. The second-order valence-corrected chi connectivity index (χ2v) is 6.48. The number of nitrogens with one attached hydrogen (secondary N) is 1. The van der Waals surface area contributed by atoms with Gasteiger partial charge in [-0.25, -0.2) is 0 Å². The second kappa shape index (κ2) is 8.51. The molecule has 0 heterocycles. The Morgan fingerprint density at radius 3 is 2.81 bits per heavy atom. The van der Waals surface area contributed by atoms with Crippen LogP contribution in [0, 0.1) is 0 Å². The minimum atomic E-state index is 0.0300. The molecule has 4 nitrogen and oxygen atoms in total. The number of benzene rings is 1. The second-order valence-electron chi connectivity index (χ2n) is 5.56. The molecule has 3 N–H and O–H groups in total. The summed E-state index contributed by atoms with van der Waals surface area (Å²) in [5.74, 6) is 0.0300. The van der Waals surface area contributed by atoms with Gasteiger partial charge in [-0.3, -0.25) is 4.79 Å². The van der Waals surface area contributed by atoms with Gasteiger partial charge in [0, 0.05) is 17.1 Å². The van der Waals surface area contributed by atoms with Crippen molar-refractivity contribution >= 4 is 21.8 Å². The van der Waals surface area contributed by atoms with Crippen LogP contribution in [-0.4, -0.2) is 31.2 Å². The fourth-order valence-electron chi connectivity index (χ4n) is 2.57. The molecule has 1 amide bonds. The highest BCUT2D eigenvalue weighted by Crippen LogP contribution is 2.19. The van der Waals surface area contributed by atoms with Gasteiger partial charge < -0.3 is 15.8 Å². The molecule has 1 aromatic rings. The predicted octanol–water partition coefficient (Wildman–Crippen LogP) is 2.39. The van der Waals surface area contributed by atoms with Crippen LogP contribution < -0.4 is 11.1 Å². The number of ether oxygens (including phenoxy) is 1. The molecular formula is C16H23BrN2O2. The molecule has 0 saturated heterocycles. The minimum Gasteiger partial charge on any atom is -0.376 e. The summed E-state index contributed by atoms with van der Waals surface area (Å²) in [6.07, 6.45) is 4.87. The summed E-state index contributed by atoms with van der Waals surface area (Å²) in [6.45, 7) is 1.14. The first-order valence-corrected chi connectivity index (χ1v) is 8.31. The Labute approximate surface area is 134 Å². The molecule has 0 bridgehead atoms. The lowest BCUT2D eigenvalue weighted by atomic mass is 9.94. The molecular weight excluding hydrogens is 332 g/mol. The van der Waals surface area contributed by atoms with Gasteiger partial charge >= 0.3 is 0 Å². The summed E-state index contributed by atoms with van der Waals surface area (Å²) in [5, 5.41) is 2.90. The molecule has 116 valence electrons. The molecule has 0 aromatic heterocycles. The van der Waals surface area contributed by atoms with E-state index in [0.717, 1.165) is 35.7 Å². The normalized spacial score (nSPS) is 22.0. The van der Waals surface area contributed by atoms with Gasteiger partial charge in [-0.1, -0.05) is 28.1 Å². The minimum absolute atomic E-state index is 0.0300. The lowest BCUT2D eigenvalue weighted by molar-refractivity contribution is -0.120. The summed E-state index contributed by atoms with van der Waals surface area (Å²) >= 11 is 3.40. The van der Waals surface area contributed by atoms with Gasteiger partial charge in [-0.05, 0) is 43.4 Å². The van der Waals surface area contributed by atoms with Crippen molar-refractivity contribution in [3.05, 3.63) is 34.3 Å². The van der Waals surface area contributed by atoms with E-state index in [-0.39, 0.29) is 5.91 Å². The Kier molecular flexibility index (Phi) is 6.67. The van der Waals surface area contributed by atoms with Crippen LogP contribution in [0.25, 0.3) is 0 Å². The number of hydrogen-bond donors (Lipinski definition) is 2. The third-order valence-electron chi connectivity index (χ3n) is 3.75. The van der Waals surface area contributed by atoms with Crippen molar-refractivity contribution < 1.29 is 9.53 Å². The Hall–Kier alpha value is -0.910. The van der Waals surface area contributed by atoms with Crippen LogP contribution in [0.15, 0.2) is 28.7 Å². The highest BCUT2D eigenvalue weighted by Gasteiger charge is 2.18. The van der Waals surface area contributed by atoms with E-state index < -0.39 is 0 Å². The fraction of sp³-hybridized carbons (Fsp3) is 0.562. The van der Waals surface area contributed by atoms with Crippen molar-refractivity contribution in [2.75, 3.05) is 13.2 Å². The lowest BCUT2D eigenvalue weighted by Gasteiger charge is -2.26. The van der Waals surface area contributed by atoms with Crippen LogP contribution in [0.2, 0.25) is 0 Å². The van der Waals surface area contributed by atoms with Crippen LogP contribution >= 0.6 is 15.9 Å². The number of carbonyl (C=O) groups is 1. The number of carbonyl (C=O) groups excluding carboxylic acids is 1. The van der Waals surface area contributed by atoms with Crippen LogP contribution in [0.4, 0.5) is 0 Å². The van der Waals surface area contributed by atoms with Crippen molar-refractivity contribution in [1.29, 1.82) is 0 Å². The molecule has 1 saturated carbocycles. The number of nitrogens with two attached hydrogens (primary N) is 1. The molecule has 0 unspecified atom stereocenters. The monoisotopic (exact) mass is 354 g/mol. The summed E-state index contributed by atoms with van der Waals surface area (Å²) in [5.41, 5.74) is 6.86. The maximum Gasteiger partial charge on any atom is 0.224 e. The van der Waals surface area contributed by atoms with E-state index >= 15 is 0 Å². The first-order valence-electron chi connectivity index (χ1n) is 7.52.